The van der Waals surface area contributed by atoms with Crippen molar-refractivity contribution in [2.24, 2.45) is 5.41 Å². The van der Waals surface area contributed by atoms with Crippen molar-refractivity contribution in [3.63, 3.8) is 0 Å². The normalized spacial score (nSPS) is 23.3. The van der Waals surface area contributed by atoms with Crippen molar-refractivity contribution >= 4 is 11.9 Å². The molecule has 0 aliphatic carbocycles. The highest BCUT2D eigenvalue weighted by Gasteiger charge is 2.41. The number of anilines is 1. The molecule has 0 aromatic carbocycles. The smallest absolute Gasteiger partial charge is 0.272 e. The summed E-state index contributed by atoms with van der Waals surface area (Å²) in [5, 5.41) is 0. The van der Waals surface area contributed by atoms with Crippen LogP contribution in [0.25, 0.3) is 0 Å². The zero-order chi connectivity index (χ0) is 18.0. The highest BCUT2D eigenvalue weighted by molar-refractivity contribution is 5.93. The van der Waals surface area contributed by atoms with E-state index in [1.165, 1.54) is 0 Å². The molecule has 1 atom stereocenters. The van der Waals surface area contributed by atoms with E-state index in [0.717, 1.165) is 63.4 Å². The Morgan fingerprint density at radius 1 is 1.00 bits per heavy atom. The summed E-state index contributed by atoms with van der Waals surface area (Å²) in [6.07, 6.45) is 9.76. The number of nitrogens with zero attached hydrogens (tertiary/aromatic N) is 5. The van der Waals surface area contributed by atoms with E-state index in [9.17, 15) is 4.79 Å². The summed E-state index contributed by atoms with van der Waals surface area (Å²) >= 11 is 0. The molecule has 6 nitrogen and oxygen atoms in total. The van der Waals surface area contributed by atoms with Gasteiger partial charge in [0.05, 0.1) is 0 Å². The van der Waals surface area contributed by atoms with Gasteiger partial charge in [0.25, 0.3) is 5.91 Å². The summed E-state index contributed by atoms with van der Waals surface area (Å²) in [5.41, 5.74) is 1.66. The highest BCUT2D eigenvalue weighted by Crippen LogP contribution is 2.39. The molecule has 4 rings (SSSR count). The molecule has 1 unspecified atom stereocenters. The first-order chi connectivity index (χ1) is 12.7. The second-order valence-electron chi connectivity index (χ2n) is 7.57. The van der Waals surface area contributed by atoms with Gasteiger partial charge >= 0.3 is 0 Å². The first kappa shape index (κ1) is 16.9. The molecule has 4 heterocycles. The zero-order valence-corrected chi connectivity index (χ0v) is 15.3. The minimum Gasteiger partial charge on any atom is -0.340 e. The Balaban J connectivity index is 1.52. The van der Waals surface area contributed by atoms with Gasteiger partial charge in [0, 0.05) is 50.2 Å². The van der Waals surface area contributed by atoms with Crippen LogP contribution in [0.4, 0.5) is 5.95 Å². The number of amides is 1. The van der Waals surface area contributed by atoms with E-state index in [1.807, 2.05) is 30.0 Å². The number of likely N-dealkylation sites (tertiary alicyclic amines) is 1. The lowest BCUT2D eigenvalue weighted by Crippen LogP contribution is -2.54. The first-order valence-corrected chi connectivity index (χ1v) is 9.40. The zero-order valence-electron chi connectivity index (χ0n) is 15.3. The van der Waals surface area contributed by atoms with Gasteiger partial charge in [0.15, 0.2) is 0 Å². The summed E-state index contributed by atoms with van der Waals surface area (Å²) in [7, 11) is 0. The van der Waals surface area contributed by atoms with E-state index in [-0.39, 0.29) is 11.3 Å². The van der Waals surface area contributed by atoms with E-state index in [4.69, 9.17) is 0 Å². The Labute approximate surface area is 154 Å². The standard InChI is InChI=1S/C20H25N5O/c1-16-6-2-9-21-17(16)18(26)24-12-3-7-20(14-24)8-4-13-25(15-20)19-22-10-5-11-23-19/h2,5-6,9-11H,3-4,7-8,12-15H2,1H3. The molecule has 2 aromatic heterocycles. The molecule has 136 valence electrons. The van der Waals surface area contributed by atoms with Crippen LogP contribution in [0.2, 0.25) is 0 Å². The predicted octanol–water partition coefficient (Wildman–Crippen LogP) is 2.70. The van der Waals surface area contributed by atoms with Gasteiger partial charge in [-0.2, -0.15) is 0 Å². The number of rotatable bonds is 2. The van der Waals surface area contributed by atoms with Gasteiger partial charge in [0.1, 0.15) is 5.69 Å². The van der Waals surface area contributed by atoms with Crippen LogP contribution in [0.5, 0.6) is 0 Å². The van der Waals surface area contributed by atoms with Gasteiger partial charge in [-0.25, -0.2) is 9.97 Å². The average Bonchev–Trinajstić information content (AvgIpc) is 2.69. The third-order valence-electron chi connectivity index (χ3n) is 5.66. The number of hydrogen-bond acceptors (Lipinski definition) is 5. The molecule has 0 saturated carbocycles. The number of piperidine rings is 2. The maximum atomic E-state index is 13.0. The third-order valence-corrected chi connectivity index (χ3v) is 5.66. The van der Waals surface area contributed by atoms with Crippen molar-refractivity contribution in [3.05, 3.63) is 48.0 Å². The van der Waals surface area contributed by atoms with E-state index in [0.29, 0.717) is 5.69 Å². The van der Waals surface area contributed by atoms with Crippen molar-refractivity contribution in [1.29, 1.82) is 0 Å². The SMILES string of the molecule is Cc1cccnc1C(=O)N1CCCC2(CCCN(c3ncccn3)C2)C1. The molecular weight excluding hydrogens is 326 g/mol. The monoisotopic (exact) mass is 351 g/mol. The van der Waals surface area contributed by atoms with E-state index in [2.05, 4.69) is 19.9 Å². The number of hydrogen-bond donors (Lipinski definition) is 0. The highest BCUT2D eigenvalue weighted by atomic mass is 16.2. The van der Waals surface area contributed by atoms with Gasteiger partial charge in [-0.05, 0) is 50.3 Å². The Hall–Kier alpha value is -2.50. The second kappa shape index (κ2) is 7.02. The number of carbonyl (C=O) groups excluding carboxylic acids is 1. The molecule has 2 aliphatic rings. The van der Waals surface area contributed by atoms with Crippen molar-refractivity contribution in [1.82, 2.24) is 19.9 Å². The fraction of sp³-hybridized carbons (Fsp3) is 0.500. The number of pyridine rings is 1. The molecule has 2 fully saturated rings. The number of carbonyl (C=O) groups is 1. The summed E-state index contributed by atoms with van der Waals surface area (Å²) in [4.78, 5) is 30.5. The Bertz CT molecular complexity index is 777. The second-order valence-corrected chi connectivity index (χ2v) is 7.57. The molecule has 2 aliphatic heterocycles. The van der Waals surface area contributed by atoms with Crippen molar-refractivity contribution in [2.75, 3.05) is 31.1 Å². The molecule has 1 amide bonds. The molecule has 0 N–H and O–H groups in total. The van der Waals surface area contributed by atoms with E-state index in [1.54, 1.807) is 18.6 Å². The molecule has 0 radical (unpaired) electrons. The fourth-order valence-electron chi connectivity index (χ4n) is 4.41. The molecule has 2 saturated heterocycles. The maximum absolute atomic E-state index is 13.0. The number of aromatic nitrogens is 3. The van der Waals surface area contributed by atoms with Crippen LogP contribution in [0, 0.1) is 12.3 Å². The summed E-state index contributed by atoms with van der Waals surface area (Å²) in [5.74, 6) is 0.867. The Morgan fingerprint density at radius 2 is 1.73 bits per heavy atom. The van der Waals surface area contributed by atoms with E-state index >= 15 is 0 Å². The van der Waals surface area contributed by atoms with Gasteiger partial charge in [-0.15, -0.1) is 0 Å². The van der Waals surface area contributed by atoms with Crippen LogP contribution in [0.3, 0.4) is 0 Å². The van der Waals surface area contributed by atoms with Crippen molar-refractivity contribution in [2.45, 2.75) is 32.6 Å². The van der Waals surface area contributed by atoms with Gasteiger partial charge in [0.2, 0.25) is 5.95 Å². The summed E-state index contributed by atoms with van der Waals surface area (Å²) in [6.45, 7) is 5.47. The van der Waals surface area contributed by atoms with Crippen LogP contribution in [-0.2, 0) is 0 Å². The lowest BCUT2D eigenvalue weighted by Gasteiger charge is -2.48. The quantitative estimate of drug-likeness (QED) is 0.832. The lowest BCUT2D eigenvalue weighted by molar-refractivity contribution is 0.0459. The van der Waals surface area contributed by atoms with Crippen molar-refractivity contribution < 1.29 is 4.79 Å². The minimum absolute atomic E-state index is 0.0651. The maximum Gasteiger partial charge on any atom is 0.272 e. The molecule has 2 aromatic rings. The molecular formula is C20H25N5O. The topological polar surface area (TPSA) is 62.2 Å². The number of aryl methyl sites for hydroxylation is 1. The summed E-state index contributed by atoms with van der Waals surface area (Å²) in [6, 6.07) is 5.68. The predicted molar refractivity (Wildman–Crippen MR) is 100 cm³/mol. The average molecular weight is 351 g/mol. The Morgan fingerprint density at radius 3 is 2.50 bits per heavy atom. The van der Waals surface area contributed by atoms with Crippen LogP contribution in [0.1, 0.15) is 41.7 Å². The van der Waals surface area contributed by atoms with Crippen LogP contribution >= 0.6 is 0 Å². The first-order valence-electron chi connectivity index (χ1n) is 9.40. The van der Waals surface area contributed by atoms with E-state index < -0.39 is 0 Å². The summed E-state index contributed by atoms with van der Waals surface area (Å²) < 4.78 is 0. The lowest BCUT2D eigenvalue weighted by atomic mass is 9.73. The van der Waals surface area contributed by atoms with Crippen LogP contribution < -0.4 is 4.90 Å². The molecule has 26 heavy (non-hydrogen) atoms. The molecule has 6 heteroatoms. The Kier molecular flexibility index (Phi) is 4.57. The van der Waals surface area contributed by atoms with Crippen LogP contribution in [0.15, 0.2) is 36.8 Å². The largest absolute Gasteiger partial charge is 0.340 e. The van der Waals surface area contributed by atoms with Gasteiger partial charge in [-0.3, -0.25) is 9.78 Å². The van der Waals surface area contributed by atoms with Gasteiger partial charge < -0.3 is 9.80 Å². The van der Waals surface area contributed by atoms with Crippen molar-refractivity contribution in [3.8, 4) is 0 Å². The van der Waals surface area contributed by atoms with Crippen LogP contribution in [-0.4, -0.2) is 51.9 Å². The molecule has 1 spiro atoms. The third kappa shape index (κ3) is 3.28. The molecule has 0 bridgehead atoms. The fourth-order valence-corrected chi connectivity index (χ4v) is 4.41. The van der Waals surface area contributed by atoms with Gasteiger partial charge in [-0.1, -0.05) is 6.07 Å². The minimum atomic E-state index is 0.0651.